The molecule has 0 atom stereocenters. The van der Waals surface area contributed by atoms with Crippen molar-refractivity contribution in [2.45, 2.75) is 30.2 Å². The molecule has 3 rings (SSSR count). The third kappa shape index (κ3) is 5.36. The molecular formula is C19H20FN3O5S. The van der Waals surface area contributed by atoms with Crippen molar-refractivity contribution in [1.29, 1.82) is 0 Å². The van der Waals surface area contributed by atoms with E-state index in [-0.39, 0.29) is 34.8 Å². The van der Waals surface area contributed by atoms with E-state index in [1.54, 1.807) is 17.0 Å². The van der Waals surface area contributed by atoms with E-state index in [9.17, 15) is 27.7 Å². The molecule has 0 unspecified atom stereocenters. The average molecular weight is 421 g/mol. The Morgan fingerprint density at radius 2 is 1.69 bits per heavy atom. The number of carbonyl (C=O) groups excluding carboxylic acids is 1. The number of non-ortho nitro benzene ring substituents is 1. The van der Waals surface area contributed by atoms with E-state index in [1.165, 1.54) is 24.3 Å². The zero-order valence-corrected chi connectivity index (χ0v) is 16.3. The van der Waals surface area contributed by atoms with Crippen LogP contribution in [0.4, 0.5) is 10.1 Å². The summed E-state index contributed by atoms with van der Waals surface area (Å²) in [7, 11) is -3.80. The number of nitrogens with one attached hydrogen (secondary N) is 1. The van der Waals surface area contributed by atoms with Gasteiger partial charge in [-0.05, 0) is 42.7 Å². The maximum absolute atomic E-state index is 13.0. The number of hydrogen-bond donors (Lipinski definition) is 1. The van der Waals surface area contributed by atoms with E-state index in [1.807, 2.05) is 0 Å². The third-order valence-electron chi connectivity index (χ3n) is 4.80. The van der Waals surface area contributed by atoms with Crippen LogP contribution < -0.4 is 4.72 Å². The summed E-state index contributed by atoms with van der Waals surface area (Å²) in [5.74, 6) is -0.449. The van der Waals surface area contributed by atoms with Crippen molar-refractivity contribution in [2.24, 2.45) is 0 Å². The third-order valence-corrected chi connectivity index (χ3v) is 6.33. The van der Waals surface area contributed by atoms with E-state index in [0.29, 0.717) is 25.9 Å². The van der Waals surface area contributed by atoms with Crippen LogP contribution in [0, 0.1) is 15.9 Å². The van der Waals surface area contributed by atoms with Crippen molar-refractivity contribution in [3.05, 3.63) is 70.0 Å². The Morgan fingerprint density at radius 3 is 2.24 bits per heavy atom. The summed E-state index contributed by atoms with van der Waals surface area (Å²) in [4.78, 5) is 24.1. The van der Waals surface area contributed by atoms with Gasteiger partial charge in [0, 0.05) is 31.3 Å². The molecule has 1 aliphatic rings. The molecule has 0 radical (unpaired) electrons. The lowest BCUT2D eigenvalue weighted by molar-refractivity contribution is -0.384. The van der Waals surface area contributed by atoms with Gasteiger partial charge in [0.1, 0.15) is 5.82 Å². The van der Waals surface area contributed by atoms with Gasteiger partial charge in [-0.15, -0.1) is 0 Å². The summed E-state index contributed by atoms with van der Waals surface area (Å²) in [5, 5.41) is 10.7. The lowest BCUT2D eigenvalue weighted by Crippen LogP contribution is -2.46. The Morgan fingerprint density at radius 1 is 1.10 bits per heavy atom. The number of likely N-dealkylation sites (tertiary alicyclic amines) is 1. The molecular weight excluding hydrogens is 401 g/mol. The van der Waals surface area contributed by atoms with Gasteiger partial charge in [0.25, 0.3) is 5.69 Å². The average Bonchev–Trinajstić information content (AvgIpc) is 2.70. The fraction of sp³-hybridized carbons (Fsp3) is 0.316. The van der Waals surface area contributed by atoms with Crippen LogP contribution in [0.1, 0.15) is 18.4 Å². The van der Waals surface area contributed by atoms with Crippen LogP contribution in [0.5, 0.6) is 0 Å². The molecule has 0 bridgehead atoms. The first kappa shape index (κ1) is 20.9. The van der Waals surface area contributed by atoms with Crippen LogP contribution in [-0.4, -0.2) is 43.3 Å². The SMILES string of the molecule is O=C(Cc1ccc(F)cc1)N1CCC(NS(=O)(=O)c2ccc([N+](=O)[O-])cc2)CC1. The van der Waals surface area contributed by atoms with Crippen LogP contribution >= 0.6 is 0 Å². The normalized spacial score (nSPS) is 15.3. The number of nitrogens with zero attached hydrogens (tertiary/aromatic N) is 2. The maximum atomic E-state index is 13.0. The molecule has 0 aliphatic carbocycles. The molecule has 2 aromatic carbocycles. The molecule has 8 nitrogen and oxygen atoms in total. The highest BCUT2D eigenvalue weighted by Gasteiger charge is 2.27. The summed E-state index contributed by atoms with van der Waals surface area (Å²) >= 11 is 0. The monoisotopic (exact) mass is 421 g/mol. The number of sulfonamides is 1. The predicted octanol–water partition coefficient (Wildman–Crippen LogP) is 2.25. The number of benzene rings is 2. The number of amides is 1. The summed E-state index contributed by atoms with van der Waals surface area (Å²) in [6.45, 7) is 0.820. The number of carbonyl (C=O) groups is 1. The fourth-order valence-corrected chi connectivity index (χ4v) is 4.47. The van der Waals surface area contributed by atoms with Crippen LogP contribution in [0.25, 0.3) is 0 Å². The van der Waals surface area contributed by atoms with Gasteiger partial charge >= 0.3 is 0 Å². The molecule has 2 aromatic rings. The molecule has 0 saturated carbocycles. The van der Waals surface area contributed by atoms with Gasteiger partial charge in [-0.25, -0.2) is 17.5 Å². The van der Waals surface area contributed by atoms with Gasteiger partial charge in [0.05, 0.1) is 16.2 Å². The zero-order valence-electron chi connectivity index (χ0n) is 15.5. The topological polar surface area (TPSA) is 110 Å². The first-order chi connectivity index (χ1) is 13.7. The second kappa shape index (κ2) is 8.66. The van der Waals surface area contributed by atoms with Crippen molar-refractivity contribution in [3.8, 4) is 0 Å². The van der Waals surface area contributed by atoms with Gasteiger partial charge in [-0.2, -0.15) is 0 Å². The minimum atomic E-state index is -3.80. The fourth-order valence-electron chi connectivity index (χ4n) is 3.17. The van der Waals surface area contributed by atoms with Gasteiger partial charge < -0.3 is 4.90 Å². The highest BCUT2D eigenvalue weighted by molar-refractivity contribution is 7.89. The number of nitro benzene ring substituents is 1. The summed E-state index contributed by atoms with van der Waals surface area (Å²) in [5.41, 5.74) is 0.536. The lowest BCUT2D eigenvalue weighted by atomic mass is 10.0. The smallest absolute Gasteiger partial charge is 0.269 e. The minimum Gasteiger partial charge on any atom is -0.342 e. The van der Waals surface area contributed by atoms with Gasteiger partial charge in [-0.3, -0.25) is 14.9 Å². The molecule has 1 saturated heterocycles. The second-order valence-corrected chi connectivity index (χ2v) is 8.54. The van der Waals surface area contributed by atoms with Crippen molar-refractivity contribution < 1.29 is 22.5 Å². The van der Waals surface area contributed by atoms with Crippen LogP contribution in [0.2, 0.25) is 0 Å². The van der Waals surface area contributed by atoms with E-state index in [2.05, 4.69) is 4.72 Å². The van der Waals surface area contributed by atoms with Crippen molar-refractivity contribution >= 4 is 21.6 Å². The molecule has 1 N–H and O–H groups in total. The summed E-state index contributed by atoms with van der Waals surface area (Å²) < 4.78 is 40.5. The molecule has 1 aliphatic heterocycles. The summed E-state index contributed by atoms with van der Waals surface area (Å²) in [6, 6.07) is 10.1. The first-order valence-electron chi connectivity index (χ1n) is 9.03. The molecule has 10 heteroatoms. The molecule has 1 amide bonds. The first-order valence-corrected chi connectivity index (χ1v) is 10.5. The number of rotatable bonds is 6. The highest BCUT2D eigenvalue weighted by Crippen LogP contribution is 2.19. The Bertz CT molecular complexity index is 986. The van der Waals surface area contributed by atoms with E-state index in [4.69, 9.17) is 0 Å². The number of piperidine rings is 1. The minimum absolute atomic E-state index is 0.0436. The predicted molar refractivity (Wildman–Crippen MR) is 103 cm³/mol. The molecule has 0 spiro atoms. The van der Waals surface area contributed by atoms with E-state index < -0.39 is 14.9 Å². The summed E-state index contributed by atoms with van der Waals surface area (Å²) in [6.07, 6.45) is 1.09. The van der Waals surface area contributed by atoms with Gasteiger partial charge in [0.2, 0.25) is 15.9 Å². The Kier molecular flexibility index (Phi) is 6.23. The Balaban J connectivity index is 1.54. The molecule has 1 heterocycles. The van der Waals surface area contributed by atoms with Crippen molar-refractivity contribution in [2.75, 3.05) is 13.1 Å². The van der Waals surface area contributed by atoms with Crippen LogP contribution in [0.3, 0.4) is 0 Å². The Hall–Kier alpha value is -2.85. The quantitative estimate of drug-likeness (QED) is 0.568. The number of hydrogen-bond acceptors (Lipinski definition) is 5. The van der Waals surface area contributed by atoms with Gasteiger partial charge in [-0.1, -0.05) is 12.1 Å². The molecule has 29 heavy (non-hydrogen) atoms. The standard InChI is InChI=1S/C19H20FN3O5S/c20-15-3-1-14(2-4-15)13-19(24)22-11-9-16(10-12-22)21-29(27,28)18-7-5-17(6-8-18)23(25)26/h1-8,16,21H,9-13H2. The number of nitro groups is 1. The largest absolute Gasteiger partial charge is 0.342 e. The number of halogens is 1. The van der Waals surface area contributed by atoms with Crippen LogP contribution in [-0.2, 0) is 21.2 Å². The van der Waals surface area contributed by atoms with E-state index >= 15 is 0 Å². The molecule has 0 aromatic heterocycles. The molecule has 154 valence electrons. The zero-order chi connectivity index (χ0) is 21.0. The molecule has 1 fully saturated rings. The van der Waals surface area contributed by atoms with Crippen molar-refractivity contribution in [3.63, 3.8) is 0 Å². The Labute approximate surface area is 167 Å². The van der Waals surface area contributed by atoms with Crippen LogP contribution in [0.15, 0.2) is 53.4 Å². The maximum Gasteiger partial charge on any atom is 0.269 e. The lowest BCUT2D eigenvalue weighted by Gasteiger charge is -2.32. The highest BCUT2D eigenvalue weighted by atomic mass is 32.2. The van der Waals surface area contributed by atoms with Gasteiger partial charge in [0.15, 0.2) is 0 Å². The second-order valence-electron chi connectivity index (χ2n) is 6.83. The van der Waals surface area contributed by atoms with Crippen molar-refractivity contribution in [1.82, 2.24) is 9.62 Å². The van der Waals surface area contributed by atoms with E-state index in [0.717, 1.165) is 17.7 Å².